The number of hydrogen-bond donors (Lipinski definition) is 0. The lowest BCUT2D eigenvalue weighted by molar-refractivity contribution is 0.256. The van der Waals surface area contributed by atoms with Crippen molar-refractivity contribution in [3.05, 3.63) is 24.3 Å². The van der Waals surface area contributed by atoms with E-state index in [2.05, 4.69) is 75.4 Å². The molecule has 0 radical (unpaired) electrons. The second-order valence-corrected chi connectivity index (χ2v) is 5.16. The van der Waals surface area contributed by atoms with Gasteiger partial charge < -0.3 is 0 Å². The fourth-order valence-electron chi connectivity index (χ4n) is 3.74. The normalized spacial score (nSPS) is 44.9. The van der Waals surface area contributed by atoms with Gasteiger partial charge >= 0.3 is 0 Å². The first-order chi connectivity index (χ1) is 6.71. The lowest BCUT2D eigenvalue weighted by atomic mass is 9.78. The van der Waals surface area contributed by atoms with E-state index in [9.17, 15) is 0 Å². The molecule has 0 amide bonds. The topological polar surface area (TPSA) is 0 Å². The van der Waals surface area contributed by atoms with Crippen molar-refractivity contribution in [2.45, 2.75) is 20.3 Å². The van der Waals surface area contributed by atoms with E-state index in [4.69, 9.17) is 0 Å². The van der Waals surface area contributed by atoms with Crippen LogP contribution in [0, 0.1) is 29.1 Å². The summed E-state index contributed by atoms with van der Waals surface area (Å²) in [6.45, 7) is 4.88. The molecule has 2 heteroatoms. The average Bonchev–Trinajstić information content (AvgIpc) is 2.80. The molecule has 0 nitrogen and oxygen atoms in total. The Balaban J connectivity index is 0.000000354. The monoisotopic (exact) mass is 414 g/mol. The number of allylic oxidation sites excluding steroid dienone is 4. The van der Waals surface area contributed by atoms with Crippen LogP contribution in [-0.2, 0) is 0 Å². The van der Waals surface area contributed by atoms with Gasteiger partial charge in [0.2, 0.25) is 0 Å². The molecule has 2 bridgehead atoms. The molecule has 0 aliphatic heterocycles. The molecule has 14 heavy (non-hydrogen) atoms. The number of halogens is 2. The van der Waals surface area contributed by atoms with Gasteiger partial charge in [-0.15, -0.1) is 0 Å². The van der Waals surface area contributed by atoms with Crippen molar-refractivity contribution in [3.8, 4) is 0 Å². The van der Waals surface area contributed by atoms with Crippen LogP contribution in [0.4, 0.5) is 0 Å². The van der Waals surface area contributed by atoms with E-state index in [-0.39, 0.29) is 0 Å². The van der Waals surface area contributed by atoms with Crippen LogP contribution in [0.1, 0.15) is 20.3 Å². The second-order valence-electron chi connectivity index (χ2n) is 5.16. The first kappa shape index (κ1) is 11.4. The fourth-order valence-corrected chi connectivity index (χ4v) is 3.74. The third-order valence-corrected chi connectivity index (χ3v) is 4.38. The van der Waals surface area contributed by atoms with Crippen LogP contribution in [0.5, 0.6) is 0 Å². The highest BCUT2D eigenvalue weighted by atomic mass is 128. The van der Waals surface area contributed by atoms with Crippen LogP contribution in [0.3, 0.4) is 0 Å². The lowest BCUT2D eigenvalue weighted by Crippen LogP contribution is -2.20. The predicted octanol–water partition coefficient (Wildman–Crippen LogP) is 4.79. The van der Waals surface area contributed by atoms with Gasteiger partial charge in [0.25, 0.3) is 0 Å². The molecule has 4 atom stereocenters. The Bertz CT molecular complexity index is 278. The highest BCUT2D eigenvalue weighted by Gasteiger charge is 2.55. The van der Waals surface area contributed by atoms with Crippen molar-refractivity contribution >= 4 is 37.2 Å². The average molecular weight is 414 g/mol. The van der Waals surface area contributed by atoms with E-state index < -0.39 is 0 Å². The van der Waals surface area contributed by atoms with Gasteiger partial charge in [0.05, 0.1) is 0 Å². The quantitative estimate of drug-likeness (QED) is 0.395. The Morgan fingerprint density at radius 3 is 2.36 bits per heavy atom. The van der Waals surface area contributed by atoms with E-state index in [1.165, 1.54) is 6.42 Å². The maximum Gasteiger partial charge on any atom is 0 e. The molecule has 3 rings (SSSR count). The summed E-state index contributed by atoms with van der Waals surface area (Å²) >= 11 is 4.24. The summed E-state index contributed by atoms with van der Waals surface area (Å²) in [4.78, 5) is 0. The van der Waals surface area contributed by atoms with Gasteiger partial charge in [-0.25, -0.2) is 0 Å². The molecule has 3 aliphatic carbocycles. The van der Waals surface area contributed by atoms with Gasteiger partial charge in [-0.2, -0.15) is 0 Å². The van der Waals surface area contributed by atoms with Gasteiger partial charge in [0.15, 0.2) is 0 Å². The van der Waals surface area contributed by atoms with Crippen molar-refractivity contribution in [2.75, 3.05) is 0 Å². The largest absolute Gasteiger partial charge is 0.0879 e. The first-order valence-corrected chi connectivity index (χ1v) is 11.5. The van der Waals surface area contributed by atoms with Crippen molar-refractivity contribution in [2.24, 2.45) is 29.1 Å². The third-order valence-electron chi connectivity index (χ3n) is 4.38. The minimum absolute atomic E-state index is 0.556. The summed E-state index contributed by atoms with van der Waals surface area (Å²) in [5.74, 6) is 3.54. The van der Waals surface area contributed by atoms with Crippen molar-refractivity contribution < 1.29 is 0 Å². The van der Waals surface area contributed by atoms with Gasteiger partial charge in [-0.3, -0.25) is 0 Å². The van der Waals surface area contributed by atoms with Crippen molar-refractivity contribution in [1.82, 2.24) is 0 Å². The fraction of sp³-hybridized carbons (Fsp3) is 0.667. The zero-order valence-electron chi connectivity index (χ0n) is 8.58. The van der Waals surface area contributed by atoms with E-state index >= 15 is 0 Å². The Labute approximate surface area is 110 Å². The van der Waals surface area contributed by atoms with Crippen LogP contribution in [0.25, 0.3) is 0 Å². The molecule has 1 fully saturated rings. The molecular formula is C12H16I2. The van der Waals surface area contributed by atoms with E-state index in [1.807, 2.05) is 0 Å². The number of fused-ring (bicyclic) bond motifs is 5. The Kier molecular flexibility index (Phi) is 3.32. The highest BCUT2D eigenvalue weighted by molar-refractivity contribution is 15.0. The minimum Gasteiger partial charge on any atom is -0.0879 e. The van der Waals surface area contributed by atoms with Gasteiger partial charge in [0, 0.05) is 37.2 Å². The second kappa shape index (κ2) is 4.07. The summed E-state index contributed by atoms with van der Waals surface area (Å²) < 4.78 is 0. The summed E-state index contributed by atoms with van der Waals surface area (Å²) in [7, 11) is 0. The third kappa shape index (κ3) is 1.43. The molecule has 0 aromatic rings. The Morgan fingerprint density at radius 1 is 1.07 bits per heavy atom. The summed E-state index contributed by atoms with van der Waals surface area (Å²) in [6.07, 6.45) is 11.1. The van der Waals surface area contributed by atoms with Crippen LogP contribution in [0.2, 0.25) is 0 Å². The molecular weight excluding hydrogens is 398 g/mol. The zero-order valence-corrected chi connectivity index (χ0v) is 12.9. The molecule has 78 valence electrons. The molecule has 3 aliphatic rings. The van der Waals surface area contributed by atoms with E-state index in [1.54, 1.807) is 0 Å². The standard InChI is InChI=1S/C12H16.I2/c1-12(2)10-6-7-11(12)9-5-3-4-8(9)10;1-2/h3-4,6-11H,5H2,1-2H3;. The summed E-state index contributed by atoms with van der Waals surface area (Å²) in [5, 5.41) is 0. The predicted molar refractivity (Wildman–Crippen MR) is 78.7 cm³/mol. The molecule has 4 unspecified atom stereocenters. The van der Waals surface area contributed by atoms with Gasteiger partial charge in [-0.1, -0.05) is 38.2 Å². The molecule has 0 N–H and O–H groups in total. The molecule has 0 saturated heterocycles. The maximum absolute atomic E-state index is 2.47. The summed E-state index contributed by atoms with van der Waals surface area (Å²) in [6, 6.07) is 0. The smallest absolute Gasteiger partial charge is 0 e. The number of hydrogen-bond acceptors (Lipinski definition) is 0. The van der Waals surface area contributed by atoms with Crippen molar-refractivity contribution in [3.63, 3.8) is 0 Å². The summed E-state index contributed by atoms with van der Waals surface area (Å²) in [5.41, 5.74) is 0.556. The molecule has 0 aromatic carbocycles. The van der Waals surface area contributed by atoms with E-state index in [0.717, 1.165) is 23.7 Å². The molecule has 1 saturated carbocycles. The van der Waals surface area contributed by atoms with Crippen LogP contribution >= 0.6 is 37.2 Å². The van der Waals surface area contributed by atoms with Crippen LogP contribution in [-0.4, -0.2) is 0 Å². The molecule has 0 spiro atoms. The van der Waals surface area contributed by atoms with E-state index in [0.29, 0.717) is 5.41 Å². The first-order valence-electron chi connectivity index (χ1n) is 5.20. The zero-order chi connectivity index (χ0) is 10.3. The van der Waals surface area contributed by atoms with Gasteiger partial charge in [0.1, 0.15) is 0 Å². The highest BCUT2D eigenvalue weighted by Crippen LogP contribution is 2.62. The minimum atomic E-state index is 0.556. The SMILES string of the molecule is CC1(C)C2C=CC1C1CC=CC12.II. The van der Waals surface area contributed by atoms with Crippen LogP contribution < -0.4 is 0 Å². The number of rotatable bonds is 0. The lowest BCUT2D eigenvalue weighted by Gasteiger charge is -2.26. The molecule has 0 aromatic heterocycles. The Morgan fingerprint density at radius 2 is 1.71 bits per heavy atom. The van der Waals surface area contributed by atoms with Crippen LogP contribution in [0.15, 0.2) is 24.3 Å². The van der Waals surface area contributed by atoms with Crippen molar-refractivity contribution in [1.29, 1.82) is 0 Å². The van der Waals surface area contributed by atoms with Gasteiger partial charge in [-0.05, 0) is 35.5 Å². The Hall–Kier alpha value is 0.940. The molecule has 0 heterocycles. The maximum atomic E-state index is 2.47.